The van der Waals surface area contributed by atoms with Gasteiger partial charge in [0.2, 0.25) is 5.88 Å². The van der Waals surface area contributed by atoms with Crippen molar-refractivity contribution in [3.63, 3.8) is 0 Å². The van der Waals surface area contributed by atoms with Gasteiger partial charge in [0.15, 0.2) is 5.92 Å². The van der Waals surface area contributed by atoms with Gasteiger partial charge in [-0.2, -0.15) is 0 Å². The molecule has 5 aromatic rings. The zero-order chi connectivity index (χ0) is 40.2. The zero-order valence-corrected chi connectivity index (χ0v) is 33.9. The second-order valence-electron chi connectivity index (χ2n) is 13.6. The summed E-state index contributed by atoms with van der Waals surface area (Å²) in [6, 6.07) is 26.6. The Morgan fingerprint density at radius 3 is 1.68 bits per heavy atom. The van der Waals surface area contributed by atoms with Crippen LogP contribution in [0.2, 0.25) is 10.0 Å². The van der Waals surface area contributed by atoms with Gasteiger partial charge in [0.05, 0.1) is 13.2 Å². The number of esters is 2. The number of halogens is 2. The number of hydrogen-bond donors (Lipinski definition) is 3. The molecule has 10 nitrogen and oxygen atoms in total. The molecule has 7 rings (SSSR count). The number of fused-ring (bicyclic) bond motifs is 1. The number of aromatic hydroxyl groups is 1. The topological polar surface area (TPSA) is 124 Å². The fourth-order valence-electron chi connectivity index (χ4n) is 6.73. The molecule has 0 aliphatic carbocycles. The van der Waals surface area contributed by atoms with Crippen LogP contribution < -0.4 is 16.4 Å². The Balaban J connectivity index is 0.000000186. The van der Waals surface area contributed by atoms with Crippen LogP contribution in [0, 0.1) is 13.8 Å². The summed E-state index contributed by atoms with van der Waals surface area (Å²) in [7, 11) is 0. The first-order valence-corrected chi connectivity index (χ1v) is 19.8. The number of benzene rings is 4. The largest absolute Gasteiger partial charge is 0.493 e. The van der Waals surface area contributed by atoms with Gasteiger partial charge in [-0.05, 0) is 134 Å². The molecule has 3 N–H and O–H groups in total. The number of carbonyl (C=O) groups is 2. The third-order valence-corrected chi connectivity index (χ3v) is 10.1. The van der Waals surface area contributed by atoms with Crippen molar-refractivity contribution in [3.05, 3.63) is 122 Å². The predicted octanol–water partition coefficient (Wildman–Crippen LogP) is 8.84. The molecule has 1 aromatic heterocycles. The van der Waals surface area contributed by atoms with Gasteiger partial charge in [-0.15, -0.1) is 0 Å². The summed E-state index contributed by atoms with van der Waals surface area (Å²) >= 11 is 12.2. The average Bonchev–Trinajstić information content (AvgIpc) is 3.46. The molecule has 2 aliphatic rings. The van der Waals surface area contributed by atoms with Crippen molar-refractivity contribution in [1.82, 2.24) is 20.2 Å². The normalized spacial score (nSPS) is 13.4. The monoisotopic (exact) mass is 800 g/mol. The first kappa shape index (κ1) is 42.3. The molecule has 0 spiro atoms. The first-order valence-electron chi connectivity index (χ1n) is 19.1. The molecular formula is C44H50Cl2N4O6. The summed E-state index contributed by atoms with van der Waals surface area (Å²) in [6.07, 6.45) is 4.59. The highest BCUT2D eigenvalue weighted by Gasteiger charge is 2.33. The van der Waals surface area contributed by atoms with Gasteiger partial charge in [-0.25, -0.2) is 4.68 Å². The van der Waals surface area contributed by atoms with E-state index in [1.807, 2.05) is 92.7 Å². The molecule has 0 unspecified atom stereocenters. The highest BCUT2D eigenvalue weighted by Crippen LogP contribution is 2.35. The molecule has 1 fully saturated rings. The van der Waals surface area contributed by atoms with E-state index in [1.165, 1.54) is 12.8 Å². The molecule has 0 amide bonds. The number of ether oxygens (including phenoxy) is 2. The third kappa shape index (κ3) is 10.5. The highest BCUT2D eigenvalue weighted by molar-refractivity contribution is 6.31. The maximum atomic E-state index is 12.9. The lowest BCUT2D eigenvalue weighted by molar-refractivity contribution is -0.157. The molecule has 12 heteroatoms. The lowest BCUT2D eigenvalue weighted by atomic mass is 9.91. The van der Waals surface area contributed by atoms with Crippen molar-refractivity contribution < 1.29 is 24.2 Å². The van der Waals surface area contributed by atoms with Crippen molar-refractivity contribution in [3.8, 4) is 39.3 Å². The van der Waals surface area contributed by atoms with Gasteiger partial charge in [-0.1, -0.05) is 71.7 Å². The van der Waals surface area contributed by atoms with Crippen LogP contribution in [0.1, 0.15) is 62.1 Å². The predicted molar refractivity (Wildman–Crippen MR) is 223 cm³/mol. The second kappa shape index (κ2) is 20.3. The van der Waals surface area contributed by atoms with Gasteiger partial charge >= 0.3 is 11.9 Å². The lowest BCUT2D eigenvalue weighted by Gasteiger charge is -2.18. The minimum Gasteiger partial charge on any atom is -0.493 e. The number of aryl methyl sites for hydroxylation is 2. The van der Waals surface area contributed by atoms with E-state index in [1.54, 1.807) is 29.3 Å². The van der Waals surface area contributed by atoms with Crippen LogP contribution in [0.25, 0.3) is 33.4 Å². The van der Waals surface area contributed by atoms with Crippen molar-refractivity contribution in [2.45, 2.75) is 72.4 Å². The van der Waals surface area contributed by atoms with Crippen LogP contribution in [0.15, 0.2) is 89.7 Å². The van der Waals surface area contributed by atoms with Crippen molar-refractivity contribution in [2.24, 2.45) is 0 Å². The van der Waals surface area contributed by atoms with Crippen LogP contribution in [-0.4, -0.2) is 52.7 Å². The summed E-state index contributed by atoms with van der Waals surface area (Å²) < 4.78 is 13.5. The van der Waals surface area contributed by atoms with Gasteiger partial charge in [0.25, 0.3) is 5.56 Å². The molecular weight excluding hydrogens is 751 g/mol. The Morgan fingerprint density at radius 1 is 0.696 bits per heavy atom. The van der Waals surface area contributed by atoms with E-state index in [4.69, 9.17) is 32.7 Å². The van der Waals surface area contributed by atoms with E-state index >= 15 is 0 Å². The number of hydrogen-bond acceptors (Lipinski definition) is 8. The zero-order valence-electron chi connectivity index (χ0n) is 32.4. The Labute approximate surface area is 338 Å². The van der Waals surface area contributed by atoms with E-state index in [-0.39, 0.29) is 24.7 Å². The van der Waals surface area contributed by atoms with Crippen molar-refractivity contribution in [2.75, 3.05) is 26.3 Å². The Kier molecular flexibility index (Phi) is 15.4. The minimum atomic E-state index is -1.10. The number of aromatic nitrogens is 2. The van der Waals surface area contributed by atoms with Crippen LogP contribution in [0.4, 0.5) is 0 Å². The maximum absolute atomic E-state index is 12.9. The average molecular weight is 802 g/mol. The first-order chi connectivity index (χ1) is 27.0. The smallest absolute Gasteiger partial charge is 0.324 e. The van der Waals surface area contributed by atoms with Gasteiger partial charge in [0, 0.05) is 36.2 Å². The van der Waals surface area contributed by atoms with E-state index in [2.05, 4.69) is 10.9 Å². The minimum absolute atomic E-state index is 0.0658. The summed E-state index contributed by atoms with van der Waals surface area (Å²) in [5, 5.41) is 11.9. The summed E-state index contributed by atoms with van der Waals surface area (Å²) in [5.74, 6) is -2.24. The molecule has 0 atom stereocenters. The fraction of sp³-hybridized carbons (Fsp3) is 0.341. The van der Waals surface area contributed by atoms with Gasteiger partial charge in [-0.3, -0.25) is 29.9 Å². The lowest BCUT2D eigenvalue weighted by Crippen LogP contribution is -2.37. The van der Waals surface area contributed by atoms with Crippen LogP contribution in [0.3, 0.4) is 0 Å². The Bertz CT molecular complexity index is 2160. The number of nitrogens with zero attached hydrogens (tertiary/aromatic N) is 2. The van der Waals surface area contributed by atoms with Gasteiger partial charge in [0.1, 0.15) is 5.56 Å². The third-order valence-electron chi connectivity index (χ3n) is 9.63. The quantitative estimate of drug-likeness (QED) is 0.105. The summed E-state index contributed by atoms with van der Waals surface area (Å²) in [4.78, 5) is 37.6. The van der Waals surface area contributed by atoms with Gasteiger partial charge < -0.3 is 14.6 Å². The molecule has 56 heavy (non-hydrogen) atoms. The molecule has 4 aromatic carbocycles. The Hall–Kier alpha value is -4.87. The number of hydrazine groups is 1. The van der Waals surface area contributed by atoms with Crippen LogP contribution in [-0.2, 0) is 32.2 Å². The molecule has 0 bridgehead atoms. The van der Waals surface area contributed by atoms with E-state index in [9.17, 15) is 19.5 Å². The second-order valence-corrected chi connectivity index (χ2v) is 14.4. The molecule has 3 heterocycles. The summed E-state index contributed by atoms with van der Waals surface area (Å²) in [5.41, 5.74) is 13.2. The van der Waals surface area contributed by atoms with E-state index in [0.717, 1.165) is 64.9 Å². The number of rotatable bonds is 8. The molecule has 2 aliphatic heterocycles. The number of carbonyl (C=O) groups excluding carboxylic acids is 2. The molecule has 296 valence electrons. The molecule has 0 radical (unpaired) electrons. The highest BCUT2D eigenvalue weighted by atomic mass is 35.5. The standard InChI is InChI=1S/C20H19ClN2O2.C20H21ClO4.C4H10N2/c1-13-7-8-15(14-5-4-6-16(21)11-14)12-17(13)18-19(24)22-9-2-3-10-23(22)20(18)25;1-4-24-19(22)18(20(23)25-5-2)17-12-15(10-9-13(17)3)14-7-6-8-16(21)11-14;1-2-4-6-5-3-1/h4-8,11-12,24H,2-3,9-10H2,1H3;6-12,18H,4-5H2,1-3H3;5-6H,1-4H2. The van der Waals surface area contributed by atoms with Crippen LogP contribution in [0.5, 0.6) is 5.88 Å². The van der Waals surface area contributed by atoms with Crippen molar-refractivity contribution >= 4 is 35.1 Å². The fourth-order valence-corrected chi connectivity index (χ4v) is 7.11. The number of nitrogens with one attached hydrogen (secondary N) is 2. The summed E-state index contributed by atoms with van der Waals surface area (Å²) in [6.45, 7) is 11.2. The molecule has 0 saturated carbocycles. The molecule has 1 saturated heterocycles. The van der Waals surface area contributed by atoms with Crippen LogP contribution >= 0.6 is 23.2 Å². The van der Waals surface area contributed by atoms with E-state index in [0.29, 0.717) is 34.3 Å². The SMILES string of the molecule is C1CCNNC1.CCOC(=O)C(C(=O)OCC)c1cc(-c2cccc(Cl)c2)ccc1C.Cc1ccc(-c2cccc(Cl)c2)cc1-c1c(O)n2n(c1=O)CCCC2. The Morgan fingerprint density at radius 2 is 1.20 bits per heavy atom. The maximum Gasteiger partial charge on any atom is 0.324 e. The van der Waals surface area contributed by atoms with Crippen molar-refractivity contribution in [1.29, 1.82) is 0 Å². The van der Waals surface area contributed by atoms with E-state index < -0.39 is 17.9 Å².